The van der Waals surface area contributed by atoms with E-state index in [-0.39, 0.29) is 19.0 Å². The van der Waals surface area contributed by atoms with Crippen LogP contribution in [0.2, 0.25) is 0 Å². The van der Waals surface area contributed by atoms with E-state index in [4.69, 9.17) is 13.9 Å². The average Bonchev–Trinajstić information content (AvgIpc) is 3.23. The van der Waals surface area contributed by atoms with Crippen LogP contribution >= 0.6 is 27.3 Å². The van der Waals surface area contributed by atoms with Gasteiger partial charge in [-0.05, 0) is 30.3 Å². The lowest BCUT2D eigenvalue weighted by molar-refractivity contribution is -0.147. The van der Waals surface area contributed by atoms with E-state index in [1.807, 2.05) is 0 Å². The van der Waals surface area contributed by atoms with Gasteiger partial charge in [-0.1, -0.05) is 15.9 Å². The van der Waals surface area contributed by atoms with Crippen molar-refractivity contribution < 1.29 is 23.1 Å². The number of nitrogens with zero attached hydrogens (tertiary/aromatic N) is 1. The molecule has 0 N–H and O–H groups in total. The van der Waals surface area contributed by atoms with Crippen molar-refractivity contribution >= 4 is 33.2 Å². The Hall–Kier alpha value is -2.19. The van der Waals surface area contributed by atoms with E-state index >= 15 is 0 Å². The molecular weight excluding hydrogens is 401 g/mol. The third-order valence-corrected chi connectivity index (χ3v) is 4.30. The summed E-state index contributed by atoms with van der Waals surface area (Å²) in [6, 6.07) is 7.88. The fourth-order valence-electron chi connectivity index (χ4n) is 1.81. The molecule has 24 heavy (non-hydrogen) atoms. The molecule has 124 valence electrons. The highest BCUT2D eigenvalue weighted by Crippen LogP contribution is 2.24. The summed E-state index contributed by atoms with van der Waals surface area (Å²) in [6.07, 6.45) is 1.56. The van der Waals surface area contributed by atoms with Gasteiger partial charge in [-0.15, -0.1) is 11.3 Å². The molecule has 0 aliphatic carbocycles. The van der Waals surface area contributed by atoms with Crippen LogP contribution in [0, 0.1) is 5.82 Å². The largest absolute Gasteiger partial charge is 0.479 e. The maximum absolute atomic E-state index is 13.6. The first kappa shape index (κ1) is 16.7. The number of benzene rings is 1. The molecule has 2 aromatic heterocycles. The number of esters is 1. The van der Waals surface area contributed by atoms with Gasteiger partial charge in [0.05, 0.1) is 12.0 Å². The van der Waals surface area contributed by atoms with E-state index in [1.165, 1.54) is 23.5 Å². The van der Waals surface area contributed by atoms with E-state index in [9.17, 15) is 9.18 Å². The Morgan fingerprint density at radius 1 is 1.38 bits per heavy atom. The summed E-state index contributed by atoms with van der Waals surface area (Å²) in [5, 5.41) is 2.49. The number of carbonyl (C=O) groups is 1. The van der Waals surface area contributed by atoms with Crippen molar-refractivity contribution in [2.24, 2.45) is 0 Å². The fraction of sp³-hybridized carbons (Fsp3) is 0.125. The van der Waals surface area contributed by atoms with Crippen LogP contribution in [0.25, 0.3) is 10.8 Å². The summed E-state index contributed by atoms with van der Waals surface area (Å²) in [5.41, 5.74) is 0.606. The molecule has 1 aromatic carbocycles. The number of aromatic nitrogens is 1. The Kier molecular flexibility index (Phi) is 5.27. The minimum atomic E-state index is -0.607. The van der Waals surface area contributed by atoms with E-state index in [1.54, 1.807) is 29.8 Å². The lowest BCUT2D eigenvalue weighted by Gasteiger charge is -2.07. The van der Waals surface area contributed by atoms with Crippen molar-refractivity contribution in [1.29, 1.82) is 0 Å². The maximum atomic E-state index is 13.6. The van der Waals surface area contributed by atoms with Gasteiger partial charge in [-0.3, -0.25) is 0 Å². The highest BCUT2D eigenvalue weighted by molar-refractivity contribution is 9.10. The second kappa shape index (κ2) is 7.59. The molecule has 8 heteroatoms. The first-order valence-corrected chi connectivity index (χ1v) is 8.51. The Morgan fingerprint density at radius 2 is 2.25 bits per heavy atom. The van der Waals surface area contributed by atoms with E-state index in [0.29, 0.717) is 20.9 Å². The number of carbonyl (C=O) groups excluding carboxylic acids is 1. The molecule has 0 bridgehead atoms. The number of hydrogen-bond acceptors (Lipinski definition) is 6. The van der Waals surface area contributed by atoms with Crippen molar-refractivity contribution in [2.45, 2.75) is 6.61 Å². The molecule has 3 aromatic rings. The number of rotatable bonds is 6. The van der Waals surface area contributed by atoms with Crippen molar-refractivity contribution in [3.8, 4) is 16.5 Å². The Balaban J connectivity index is 1.49. The van der Waals surface area contributed by atoms with Crippen LogP contribution in [0.15, 0.2) is 50.9 Å². The highest BCUT2D eigenvalue weighted by Gasteiger charge is 2.11. The van der Waals surface area contributed by atoms with E-state index < -0.39 is 11.8 Å². The van der Waals surface area contributed by atoms with Gasteiger partial charge < -0.3 is 13.9 Å². The molecule has 2 heterocycles. The normalized spacial score (nSPS) is 10.6. The molecule has 0 spiro atoms. The number of hydrogen-bond donors (Lipinski definition) is 0. The summed E-state index contributed by atoms with van der Waals surface area (Å²) in [6.45, 7) is -0.365. The van der Waals surface area contributed by atoms with Crippen molar-refractivity contribution in [2.75, 3.05) is 6.61 Å². The van der Waals surface area contributed by atoms with Crippen molar-refractivity contribution in [1.82, 2.24) is 4.98 Å². The van der Waals surface area contributed by atoms with Crippen LogP contribution < -0.4 is 4.74 Å². The van der Waals surface area contributed by atoms with Crippen molar-refractivity contribution in [3.63, 3.8) is 0 Å². The Morgan fingerprint density at radius 3 is 3.00 bits per heavy atom. The monoisotopic (exact) mass is 411 g/mol. The number of furan rings is 1. The molecular formula is C16H11BrFNO4S. The van der Waals surface area contributed by atoms with Gasteiger partial charge in [0, 0.05) is 9.85 Å². The van der Waals surface area contributed by atoms with Crippen LogP contribution in [0.5, 0.6) is 5.75 Å². The molecule has 0 aliphatic heterocycles. The summed E-state index contributed by atoms with van der Waals surface area (Å²) < 4.78 is 29.6. The SMILES string of the molecule is O=C(COc1ccc(Br)cc1F)OCc1csc(-c2ccco2)n1. The average molecular weight is 412 g/mol. The van der Waals surface area contributed by atoms with Gasteiger partial charge in [-0.25, -0.2) is 14.2 Å². The van der Waals surface area contributed by atoms with E-state index in [2.05, 4.69) is 20.9 Å². The molecule has 0 aliphatic rings. The van der Waals surface area contributed by atoms with Gasteiger partial charge in [-0.2, -0.15) is 0 Å². The Bertz CT molecular complexity index is 834. The first-order chi connectivity index (χ1) is 11.6. The number of halogens is 2. The standard InChI is InChI=1S/C16H11BrFNO4S/c17-10-3-4-13(12(18)6-10)22-8-15(20)23-7-11-9-24-16(19-11)14-2-1-5-21-14/h1-6,9H,7-8H2. The predicted octanol–water partition coefficient (Wildman–Crippen LogP) is 4.43. The highest BCUT2D eigenvalue weighted by atomic mass is 79.9. The zero-order valence-corrected chi connectivity index (χ0v) is 14.6. The van der Waals surface area contributed by atoms with Gasteiger partial charge >= 0.3 is 5.97 Å². The lowest BCUT2D eigenvalue weighted by atomic mass is 10.3. The lowest BCUT2D eigenvalue weighted by Crippen LogP contribution is -2.15. The molecule has 0 atom stereocenters. The Labute approximate surface area is 149 Å². The summed E-state index contributed by atoms with van der Waals surface area (Å²) >= 11 is 4.53. The van der Waals surface area contributed by atoms with Crippen LogP contribution in [-0.2, 0) is 16.1 Å². The van der Waals surface area contributed by atoms with Crippen LogP contribution in [-0.4, -0.2) is 17.6 Å². The minimum absolute atomic E-state index is 0.0103. The van der Waals surface area contributed by atoms with Crippen molar-refractivity contribution in [3.05, 3.63) is 58.0 Å². The van der Waals surface area contributed by atoms with Gasteiger partial charge in [0.2, 0.25) is 0 Å². The first-order valence-electron chi connectivity index (χ1n) is 6.83. The quantitative estimate of drug-likeness (QED) is 0.561. The zero-order chi connectivity index (χ0) is 16.9. The summed E-state index contributed by atoms with van der Waals surface area (Å²) in [5.74, 6) is -0.514. The summed E-state index contributed by atoms with van der Waals surface area (Å²) in [7, 11) is 0. The smallest absolute Gasteiger partial charge is 0.344 e. The zero-order valence-electron chi connectivity index (χ0n) is 12.2. The third-order valence-electron chi connectivity index (χ3n) is 2.90. The fourth-order valence-corrected chi connectivity index (χ4v) is 2.92. The molecule has 3 rings (SSSR count). The van der Waals surface area contributed by atoms with Crippen LogP contribution in [0.4, 0.5) is 4.39 Å². The van der Waals surface area contributed by atoms with Crippen LogP contribution in [0.1, 0.15) is 5.69 Å². The second-order valence-corrected chi connectivity index (χ2v) is 6.42. The van der Waals surface area contributed by atoms with Gasteiger partial charge in [0.1, 0.15) is 6.61 Å². The topological polar surface area (TPSA) is 61.6 Å². The molecule has 0 saturated heterocycles. The van der Waals surface area contributed by atoms with E-state index in [0.717, 1.165) is 0 Å². The second-order valence-electron chi connectivity index (χ2n) is 4.65. The molecule has 0 unspecified atom stereocenters. The molecule has 0 radical (unpaired) electrons. The molecule has 0 saturated carbocycles. The number of ether oxygens (including phenoxy) is 2. The maximum Gasteiger partial charge on any atom is 0.344 e. The molecule has 0 fully saturated rings. The molecule has 5 nitrogen and oxygen atoms in total. The minimum Gasteiger partial charge on any atom is -0.479 e. The summed E-state index contributed by atoms with van der Waals surface area (Å²) in [4.78, 5) is 16.0. The van der Waals surface area contributed by atoms with Gasteiger partial charge in [0.25, 0.3) is 0 Å². The predicted molar refractivity (Wildman–Crippen MR) is 89.2 cm³/mol. The third kappa shape index (κ3) is 4.21. The number of thiazole rings is 1. The molecule has 0 amide bonds. The van der Waals surface area contributed by atoms with Gasteiger partial charge in [0.15, 0.2) is 28.9 Å². The van der Waals surface area contributed by atoms with Crippen LogP contribution in [0.3, 0.4) is 0 Å².